The summed E-state index contributed by atoms with van der Waals surface area (Å²) >= 11 is 0. The van der Waals surface area contributed by atoms with Crippen molar-refractivity contribution in [2.24, 2.45) is 0 Å². The van der Waals surface area contributed by atoms with Crippen molar-refractivity contribution < 1.29 is 10.4 Å². The van der Waals surface area contributed by atoms with Gasteiger partial charge in [-0.3, -0.25) is 19.9 Å². The van der Waals surface area contributed by atoms with Gasteiger partial charge in [-0.1, -0.05) is 0 Å². The summed E-state index contributed by atoms with van der Waals surface area (Å²) in [7, 11) is 0. The molecule has 4 N–H and O–H groups in total. The summed E-state index contributed by atoms with van der Waals surface area (Å²) < 4.78 is 0. The number of nitrogens with one attached hydrogen (secondary N) is 2. The van der Waals surface area contributed by atoms with E-state index >= 15 is 0 Å². The molecule has 0 aliphatic heterocycles. The lowest BCUT2D eigenvalue weighted by atomic mass is 10.5. The van der Waals surface area contributed by atoms with Crippen molar-refractivity contribution in [3.63, 3.8) is 0 Å². The number of nitrogens with zero attached hydrogens (tertiary/aromatic N) is 1. The molecule has 8 heteroatoms. The molecule has 12 heavy (non-hydrogen) atoms. The predicted molar refractivity (Wildman–Crippen MR) is 38.0 cm³/mol. The van der Waals surface area contributed by atoms with Crippen LogP contribution in [-0.2, 0) is 0 Å². The smallest absolute Gasteiger partial charge is 0.349 e. The van der Waals surface area contributed by atoms with Crippen molar-refractivity contribution in [1.29, 1.82) is 0 Å². The Morgan fingerprint density at radius 1 is 1.42 bits per heavy atom. The molecule has 0 aliphatic carbocycles. The van der Waals surface area contributed by atoms with Gasteiger partial charge >= 0.3 is 16.9 Å². The standard InChI is InChI=1S/C4H3N3O4.H2O/c8-3-2(7(10)11)1-5-4(9)6-3;/h1H,(H2,5,6,8,9);1H2. The van der Waals surface area contributed by atoms with Gasteiger partial charge in [0, 0.05) is 0 Å². The highest BCUT2D eigenvalue weighted by Crippen LogP contribution is 1.94. The highest BCUT2D eigenvalue weighted by atomic mass is 16.6. The number of hydrogen-bond acceptors (Lipinski definition) is 4. The number of aromatic nitrogens is 2. The Labute approximate surface area is 64.3 Å². The van der Waals surface area contributed by atoms with E-state index in [4.69, 9.17) is 0 Å². The summed E-state index contributed by atoms with van der Waals surface area (Å²) in [5.74, 6) is 0. The Morgan fingerprint density at radius 2 is 2.00 bits per heavy atom. The van der Waals surface area contributed by atoms with Gasteiger partial charge in [0.1, 0.15) is 0 Å². The monoisotopic (exact) mass is 175 g/mol. The summed E-state index contributed by atoms with van der Waals surface area (Å²) in [5, 5.41) is 10.00. The van der Waals surface area contributed by atoms with Crippen molar-refractivity contribution in [2.45, 2.75) is 0 Å². The highest BCUT2D eigenvalue weighted by molar-refractivity contribution is 5.19. The van der Waals surface area contributed by atoms with Crippen molar-refractivity contribution in [3.8, 4) is 0 Å². The maximum atomic E-state index is 10.6. The Balaban J connectivity index is 0.00000121. The van der Waals surface area contributed by atoms with Gasteiger partial charge in [0.25, 0.3) is 0 Å². The number of rotatable bonds is 1. The lowest BCUT2D eigenvalue weighted by molar-refractivity contribution is -0.386. The van der Waals surface area contributed by atoms with Crippen molar-refractivity contribution >= 4 is 5.69 Å². The van der Waals surface area contributed by atoms with Gasteiger partial charge < -0.3 is 10.5 Å². The molecule has 1 heterocycles. The summed E-state index contributed by atoms with van der Waals surface area (Å²) in [6.07, 6.45) is 0.751. The van der Waals surface area contributed by atoms with E-state index in [1.54, 1.807) is 4.98 Å². The van der Waals surface area contributed by atoms with Crippen LogP contribution < -0.4 is 11.2 Å². The summed E-state index contributed by atoms with van der Waals surface area (Å²) in [6, 6.07) is 0. The molecule has 0 saturated heterocycles. The molecular formula is C4H5N3O5. The van der Waals surface area contributed by atoms with E-state index in [-0.39, 0.29) is 5.48 Å². The number of nitro groups is 1. The molecule has 1 aromatic rings. The van der Waals surface area contributed by atoms with E-state index in [0.717, 1.165) is 6.20 Å². The molecule has 0 aromatic carbocycles. The van der Waals surface area contributed by atoms with Gasteiger partial charge in [-0.05, 0) is 0 Å². The minimum absolute atomic E-state index is 0. The van der Waals surface area contributed by atoms with Crippen LogP contribution in [0.2, 0.25) is 0 Å². The van der Waals surface area contributed by atoms with E-state index in [1.807, 2.05) is 4.98 Å². The molecule has 0 atom stereocenters. The molecule has 0 saturated carbocycles. The zero-order chi connectivity index (χ0) is 8.43. The highest BCUT2D eigenvalue weighted by Gasteiger charge is 2.10. The third-order valence-corrected chi connectivity index (χ3v) is 0.996. The van der Waals surface area contributed by atoms with Gasteiger partial charge in [-0.2, -0.15) is 0 Å². The first kappa shape index (κ1) is 10.0. The van der Waals surface area contributed by atoms with E-state index in [1.165, 1.54) is 0 Å². The first-order valence-electron chi connectivity index (χ1n) is 2.57. The molecule has 1 aromatic heterocycles. The van der Waals surface area contributed by atoms with Crippen molar-refractivity contribution in [2.75, 3.05) is 0 Å². The van der Waals surface area contributed by atoms with Gasteiger partial charge in [0.2, 0.25) is 0 Å². The third kappa shape index (κ3) is 1.76. The van der Waals surface area contributed by atoms with Gasteiger partial charge in [0.15, 0.2) is 0 Å². The van der Waals surface area contributed by atoms with E-state index in [2.05, 4.69) is 0 Å². The van der Waals surface area contributed by atoms with Crippen LogP contribution in [0.15, 0.2) is 15.8 Å². The lowest BCUT2D eigenvalue weighted by Crippen LogP contribution is -2.23. The molecule has 0 unspecified atom stereocenters. The van der Waals surface area contributed by atoms with Crippen LogP contribution in [-0.4, -0.2) is 20.4 Å². The van der Waals surface area contributed by atoms with E-state index in [0.29, 0.717) is 0 Å². The molecule has 0 fully saturated rings. The maximum absolute atomic E-state index is 10.6. The van der Waals surface area contributed by atoms with E-state index in [9.17, 15) is 19.7 Å². The van der Waals surface area contributed by atoms with E-state index < -0.39 is 21.9 Å². The zero-order valence-corrected chi connectivity index (χ0v) is 5.66. The quantitative estimate of drug-likeness (QED) is 0.381. The van der Waals surface area contributed by atoms with Crippen LogP contribution in [0.5, 0.6) is 0 Å². The Bertz CT molecular complexity index is 390. The molecule has 1 rings (SSSR count). The number of hydrogen-bond donors (Lipinski definition) is 2. The van der Waals surface area contributed by atoms with Gasteiger partial charge in [-0.25, -0.2) is 4.79 Å². The SMILES string of the molecule is O.O=c1[nH]cc([N+](=O)[O-])c(=O)[nH]1. The van der Waals surface area contributed by atoms with Crippen molar-refractivity contribution in [3.05, 3.63) is 37.1 Å². The first-order chi connectivity index (χ1) is 5.11. The fourth-order valence-electron chi connectivity index (χ4n) is 0.538. The molecule has 0 spiro atoms. The van der Waals surface area contributed by atoms with Gasteiger partial charge in [-0.15, -0.1) is 0 Å². The second-order valence-electron chi connectivity index (χ2n) is 1.71. The third-order valence-electron chi connectivity index (χ3n) is 0.996. The lowest BCUT2D eigenvalue weighted by Gasteiger charge is -1.85. The number of H-pyrrole nitrogens is 2. The molecule has 0 bridgehead atoms. The van der Waals surface area contributed by atoms with Crippen LogP contribution in [0.4, 0.5) is 5.69 Å². The maximum Gasteiger partial charge on any atom is 0.349 e. The minimum atomic E-state index is -1.00. The van der Waals surface area contributed by atoms with Crippen LogP contribution in [0.25, 0.3) is 0 Å². The fraction of sp³-hybridized carbons (Fsp3) is 0. The summed E-state index contributed by atoms with van der Waals surface area (Å²) in [5.41, 5.74) is -2.44. The molecule has 66 valence electrons. The van der Waals surface area contributed by atoms with Crippen LogP contribution >= 0.6 is 0 Å². The average Bonchev–Trinajstić information content (AvgIpc) is 1.85. The van der Waals surface area contributed by atoms with Crippen molar-refractivity contribution in [1.82, 2.24) is 9.97 Å². The largest absolute Gasteiger partial charge is 0.412 e. The zero-order valence-electron chi connectivity index (χ0n) is 5.66. The van der Waals surface area contributed by atoms with Crippen LogP contribution in [0, 0.1) is 10.1 Å². The Kier molecular flexibility index (Phi) is 2.88. The fourth-order valence-corrected chi connectivity index (χ4v) is 0.538. The average molecular weight is 175 g/mol. The molecule has 8 nitrogen and oxygen atoms in total. The molecule has 0 aliphatic rings. The summed E-state index contributed by atoms with van der Waals surface area (Å²) in [4.78, 5) is 33.7. The second-order valence-corrected chi connectivity index (χ2v) is 1.71. The topological polar surface area (TPSA) is 140 Å². The first-order valence-corrected chi connectivity index (χ1v) is 2.57. The number of aromatic amines is 2. The predicted octanol–water partition coefficient (Wildman–Crippen LogP) is -1.85. The van der Waals surface area contributed by atoms with Gasteiger partial charge in [0.05, 0.1) is 11.1 Å². The molecule has 0 radical (unpaired) electrons. The minimum Gasteiger partial charge on any atom is -0.412 e. The Hall–Kier alpha value is -1.96. The summed E-state index contributed by atoms with van der Waals surface area (Å²) in [6.45, 7) is 0. The Morgan fingerprint density at radius 3 is 2.42 bits per heavy atom. The van der Waals surface area contributed by atoms with Crippen LogP contribution in [0.1, 0.15) is 0 Å². The second kappa shape index (κ2) is 3.44. The molecule has 0 amide bonds. The van der Waals surface area contributed by atoms with Crippen LogP contribution in [0.3, 0.4) is 0 Å². The molecular weight excluding hydrogens is 170 g/mol. The normalized spacial score (nSPS) is 8.67.